The quantitative estimate of drug-likeness (QED) is 0.404. The molecule has 4 aromatic rings. The van der Waals surface area contributed by atoms with E-state index in [9.17, 15) is 14.4 Å². The number of aromatic nitrogens is 2. The van der Waals surface area contributed by atoms with Crippen LogP contribution in [0.15, 0.2) is 71.9 Å². The molecular formula is C25H19N3O3S. The lowest BCUT2D eigenvalue weighted by Gasteiger charge is -2.18. The molecule has 0 saturated carbocycles. The van der Waals surface area contributed by atoms with Gasteiger partial charge in [0.05, 0.1) is 16.8 Å². The molecular weight excluding hydrogens is 422 g/mol. The maximum Gasteiger partial charge on any atom is 0.234 e. The third kappa shape index (κ3) is 3.40. The molecule has 3 aromatic carbocycles. The van der Waals surface area contributed by atoms with Crippen molar-refractivity contribution in [3.8, 4) is 0 Å². The standard InChI is InChI=1S/C25H19N3O3S/c1-2-28-21-10-6-5-9-20(21)27-25(28)32-14-22(29)26-15-11-12-18-19(13-15)24(31)17-8-4-3-7-16(17)23(18)30/h3-13H,2,14H2,1H3,(H,26,29). The van der Waals surface area contributed by atoms with Gasteiger partial charge < -0.3 is 9.88 Å². The van der Waals surface area contributed by atoms with E-state index in [2.05, 4.69) is 14.9 Å². The van der Waals surface area contributed by atoms with Gasteiger partial charge in [0.1, 0.15) is 0 Å². The monoisotopic (exact) mass is 441 g/mol. The first-order valence-corrected chi connectivity index (χ1v) is 11.3. The van der Waals surface area contributed by atoms with Gasteiger partial charge in [-0.25, -0.2) is 4.98 Å². The van der Waals surface area contributed by atoms with E-state index in [0.717, 1.165) is 22.7 Å². The van der Waals surface area contributed by atoms with Gasteiger partial charge in [-0.05, 0) is 37.3 Å². The van der Waals surface area contributed by atoms with E-state index in [0.29, 0.717) is 27.9 Å². The summed E-state index contributed by atoms with van der Waals surface area (Å²) < 4.78 is 2.08. The summed E-state index contributed by atoms with van der Waals surface area (Å²) in [6.45, 7) is 2.80. The van der Waals surface area contributed by atoms with Crippen molar-refractivity contribution in [3.05, 3.63) is 89.0 Å². The number of rotatable bonds is 5. The van der Waals surface area contributed by atoms with Gasteiger partial charge in [-0.3, -0.25) is 14.4 Å². The molecule has 0 fully saturated rings. The van der Waals surface area contributed by atoms with E-state index in [-0.39, 0.29) is 23.2 Å². The van der Waals surface area contributed by atoms with Crippen LogP contribution in [0.4, 0.5) is 5.69 Å². The van der Waals surface area contributed by atoms with Crippen LogP contribution in [0.3, 0.4) is 0 Å². The highest BCUT2D eigenvalue weighted by atomic mass is 32.2. The van der Waals surface area contributed by atoms with Gasteiger partial charge in [0.25, 0.3) is 0 Å². The Bertz CT molecular complexity index is 1410. The molecule has 1 heterocycles. The molecule has 0 aliphatic heterocycles. The molecule has 0 spiro atoms. The zero-order valence-electron chi connectivity index (χ0n) is 17.3. The molecule has 6 nitrogen and oxygen atoms in total. The minimum Gasteiger partial charge on any atom is -0.325 e. The van der Waals surface area contributed by atoms with Crippen LogP contribution >= 0.6 is 11.8 Å². The van der Waals surface area contributed by atoms with Crippen molar-refractivity contribution in [1.82, 2.24) is 9.55 Å². The number of hydrogen-bond acceptors (Lipinski definition) is 5. The van der Waals surface area contributed by atoms with Crippen LogP contribution in [0.25, 0.3) is 11.0 Å². The van der Waals surface area contributed by atoms with E-state index < -0.39 is 0 Å². The average molecular weight is 442 g/mol. The molecule has 5 rings (SSSR count). The highest BCUT2D eigenvalue weighted by Gasteiger charge is 2.29. The number of nitrogens with one attached hydrogen (secondary N) is 1. The molecule has 0 atom stereocenters. The Hall–Kier alpha value is -3.71. The number of nitrogens with zero attached hydrogens (tertiary/aromatic N) is 2. The van der Waals surface area contributed by atoms with Crippen LogP contribution < -0.4 is 5.32 Å². The number of carbonyl (C=O) groups is 3. The first-order valence-electron chi connectivity index (χ1n) is 10.3. The largest absolute Gasteiger partial charge is 0.325 e. The number of amides is 1. The van der Waals surface area contributed by atoms with E-state index in [1.165, 1.54) is 11.8 Å². The van der Waals surface area contributed by atoms with Crippen molar-refractivity contribution in [2.75, 3.05) is 11.1 Å². The molecule has 0 saturated heterocycles. The number of para-hydroxylation sites is 2. The Labute approximate surface area is 188 Å². The number of benzene rings is 3. The number of ketones is 2. The summed E-state index contributed by atoms with van der Waals surface area (Å²) in [6.07, 6.45) is 0. The molecule has 1 N–H and O–H groups in total. The summed E-state index contributed by atoms with van der Waals surface area (Å²) in [5, 5.41) is 3.62. The van der Waals surface area contributed by atoms with Crippen molar-refractivity contribution in [2.24, 2.45) is 0 Å². The maximum absolute atomic E-state index is 12.9. The van der Waals surface area contributed by atoms with Gasteiger partial charge in [0, 0.05) is 34.5 Å². The molecule has 32 heavy (non-hydrogen) atoms. The number of hydrogen-bond donors (Lipinski definition) is 1. The van der Waals surface area contributed by atoms with Gasteiger partial charge in [-0.1, -0.05) is 48.2 Å². The second kappa shape index (κ2) is 8.09. The second-order valence-corrected chi connectivity index (χ2v) is 8.37. The normalized spacial score (nSPS) is 12.5. The Balaban J connectivity index is 1.33. The predicted octanol–water partition coefficient (Wildman–Crippen LogP) is 4.56. The minimum absolute atomic E-state index is 0.177. The molecule has 158 valence electrons. The molecule has 1 aliphatic rings. The topological polar surface area (TPSA) is 81.1 Å². The molecule has 0 bridgehead atoms. The van der Waals surface area contributed by atoms with Crippen LogP contribution in [0, 0.1) is 0 Å². The Morgan fingerprint density at radius 2 is 1.56 bits per heavy atom. The number of fused-ring (bicyclic) bond motifs is 3. The van der Waals surface area contributed by atoms with Crippen molar-refractivity contribution in [1.29, 1.82) is 0 Å². The summed E-state index contributed by atoms with van der Waals surface area (Å²) in [7, 11) is 0. The lowest BCUT2D eigenvalue weighted by atomic mass is 9.84. The number of anilines is 1. The zero-order chi connectivity index (χ0) is 22.2. The van der Waals surface area contributed by atoms with Gasteiger partial charge in [0.15, 0.2) is 16.7 Å². The lowest BCUT2D eigenvalue weighted by Crippen LogP contribution is -2.21. The summed E-state index contributed by atoms with van der Waals surface area (Å²) in [6, 6.07) is 19.5. The molecule has 0 unspecified atom stereocenters. The molecule has 0 radical (unpaired) electrons. The van der Waals surface area contributed by atoms with Crippen molar-refractivity contribution in [2.45, 2.75) is 18.6 Å². The Morgan fingerprint density at radius 1 is 0.906 bits per heavy atom. The van der Waals surface area contributed by atoms with Crippen LogP contribution in [-0.2, 0) is 11.3 Å². The number of carbonyl (C=O) groups excluding carboxylic acids is 3. The van der Waals surface area contributed by atoms with Crippen molar-refractivity contribution >= 4 is 46.0 Å². The van der Waals surface area contributed by atoms with Crippen molar-refractivity contribution < 1.29 is 14.4 Å². The fraction of sp³-hybridized carbons (Fsp3) is 0.120. The van der Waals surface area contributed by atoms with Gasteiger partial charge in [-0.15, -0.1) is 0 Å². The number of imidazole rings is 1. The summed E-state index contributed by atoms with van der Waals surface area (Å²) in [4.78, 5) is 42.8. The predicted molar refractivity (Wildman–Crippen MR) is 125 cm³/mol. The van der Waals surface area contributed by atoms with Gasteiger partial charge in [0.2, 0.25) is 5.91 Å². The van der Waals surface area contributed by atoms with E-state index in [1.54, 1.807) is 42.5 Å². The van der Waals surface area contributed by atoms with Gasteiger partial charge in [-0.2, -0.15) is 0 Å². The summed E-state index contributed by atoms with van der Waals surface area (Å²) >= 11 is 1.36. The van der Waals surface area contributed by atoms with Crippen molar-refractivity contribution in [3.63, 3.8) is 0 Å². The summed E-state index contributed by atoms with van der Waals surface area (Å²) in [5.74, 6) is -0.421. The second-order valence-electron chi connectivity index (χ2n) is 7.43. The first-order chi connectivity index (χ1) is 15.6. The minimum atomic E-state index is -0.211. The third-order valence-electron chi connectivity index (χ3n) is 5.48. The maximum atomic E-state index is 12.9. The van der Waals surface area contributed by atoms with Crippen LogP contribution in [-0.4, -0.2) is 32.8 Å². The van der Waals surface area contributed by atoms with Crippen LogP contribution in [0.5, 0.6) is 0 Å². The lowest BCUT2D eigenvalue weighted by molar-refractivity contribution is -0.113. The fourth-order valence-corrected chi connectivity index (χ4v) is 4.85. The summed E-state index contributed by atoms with van der Waals surface area (Å²) in [5.41, 5.74) is 3.90. The number of thioether (sulfide) groups is 1. The first kappa shape index (κ1) is 20.2. The smallest absolute Gasteiger partial charge is 0.234 e. The highest BCUT2D eigenvalue weighted by molar-refractivity contribution is 7.99. The van der Waals surface area contributed by atoms with E-state index in [4.69, 9.17) is 0 Å². The Morgan fingerprint density at radius 3 is 2.31 bits per heavy atom. The van der Waals surface area contributed by atoms with Crippen LogP contribution in [0.2, 0.25) is 0 Å². The van der Waals surface area contributed by atoms with Gasteiger partial charge >= 0.3 is 0 Å². The molecule has 7 heteroatoms. The average Bonchev–Trinajstić information content (AvgIpc) is 3.18. The van der Waals surface area contributed by atoms with E-state index in [1.807, 2.05) is 31.2 Å². The number of aryl methyl sites for hydroxylation is 1. The third-order valence-corrected chi connectivity index (χ3v) is 6.45. The molecule has 1 aliphatic carbocycles. The molecule has 1 aromatic heterocycles. The zero-order valence-corrected chi connectivity index (χ0v) is 18.1. The Kier molecular flexibility index (Phi) is 5.11. The fourth-order valence-electron chi connectivity index (χ4n) is 3.97. The van der Waals surface area contributed by atoms with Crippen LogP contribution in [0.1, 0.15) is 38.8 Å². The van der Waals surface area contributed by atoms with E-state index >= 15 is 0 Å². The molecule has 1 amide bonds. The SMILES string of the molecule is CCn1c(SCC(=O)Nc2ccc3c(c2)C(=O)c2ccccc2C3=O)nc2ccccc21. The highest BCUT2D eigenvalue weighted by Crippen LogP contribution is 2.29.